The van der Waals surface area contributed by atoms with Crippen LogP contribution in [-0.4, -0.2) is 24.4 Å². The summed E-state index contributed by atoms with van der Waals surface area (Å²) in [5, 5.41) is 3.92. The van der Waals surface area contributed by atoms with E-state index < -0.39 is 5.97 Å². The van der Waals surface area contributed by atoms with Gasteiger partial charge in [0, 0.05) is 0 Å². The number of nitrogens with one attached hydrogen (secondary N) is 1. The Hall–Kier alpha value is -2.93. The van der Waals surface area contributed by atoms with Crippen molar-refractivity contribution in [2.75, 3.05) is 7.11 Å². The third-order valence-electron chi connectivity index (χ3n) is 2.79. The second-order valence-corrected chi connectivity index (χ2v) is 4.84. The van der Waals surface area contributed by atoms with Gasteiger partial charge in [-0.05, 0) is 48.1 Å². The number of hydrogen-bond donors (Lipinski definition) is 2. The van der Waals surface area contributed by atoms with E-state index in [0.717, 1.165) is 5.56 Å². The predicted molar refractivity (Wildman–Crippen MR) is 91.9 cm³/mol. The minimum absolute atomic E-state index is 0.0710. The average molecular weight is 329 g/mol. The van der Waals surface area contributed by atoms with E-state index >= 15 is 0 Å². The van der Waals surface area contributed by atoms with Crippen LogP contribution in [0.5, 0.6) is 11.5 Å². The molecule has 2 rings (SSSR count). The molecule has 0 spiro atoms. The highest BCUT2D eigenvalue weighted by Crippen LogP contribution is 2.28. The molecule has 0 saturated carbocycles. The molecule has 6 nitrogen and oxygen atoms in total. The maximum absolute atomic E-state index is 12.1. The lowest BCUT2D eigenvalue weighted by molar-refractivity contribution is 0.0729. The molecule has 0 unspecified atom stereocenters. The van der Waals surface area contributed by atoms with Gasteiger partial charge in [-0.15, -0.1) is 0 Å². The minimum Gasteiger partial charge on any atom is -0.493 e. The van der Waals surface area contributed by atoms with E-state index in [-0.39, 0.29) is 5.11 Å². The maximum Gasteiger partial charge on any atom is 0.343 e. The summed E-state index contributed by atoms with van der Waals surface area (Å²) < 4.78 is 10.6. The molecule has 0 aliphatic heterocycles. The van der Waals surface area contributed by atoms with Crippen LogP contribution in [0.4, 0.5) is 0 Å². The predicted octanol–water partition coefficient (Wildman–Crippen LogP) is 2.08. The SMILES string of the molecule is COc1cc(/C=N\NC(N)=S)ccc1OC(=O)c1ccccc1. The highest BCUT2D eigenvalue weighted by Gasteiger charge is 2.12. The van der Waals surface area contributed by atoms with Crippen LogP contribution >= 0.6 is 12.2 Å². The summed E-state index contributed by atoms with van der Waals surface area (Å²) >= 11 is 4.64. The van der Waals surface area contributed by atoms with Gasteiger partial charge in [-0.3, -0.25) is 5.43 Å². The number of nitrogens with two attached hydrogens (primary N) is 1. The minimum atomic E-state index is -0.458. The summed E-state index contributed by atoms with van der Waals surface area (Å²) in [7, 11) is 1.49. The van der Waals surface area contributed by atoms with Crippen LogP contribution in [-0.2, 0) is 0 Å². The van der Waals surface area contributed by atoms with Crippen molar-refractivity contribution < 1.29 is 14.3 Å². The Kier molecular flexibility index (Phi) is 5.65. The number of ether oxygens (including phenoxy) is 2. The normalized spacial score (nSPS) is 10.3. The fourth-order valence-electron chi connectivity index (χ4n) is 1.75. The van der Waals surface area contributed by atoms with Crippen molar-refractivity contribution in [2.24, 2.45) is 10.8 Å². The lowest BCUT2D eigenvalue weighted by Gasteiger charge is -2.09. The molecule has 0 heterocycles. The molecule has 0 saturated heterocycles. The molecule has 118 valence electrons. The summed E-state index contributed by atoms with van der Waals surface area (Å²) in [6.07, 6.45) is 1.52. The number of nitrogens with zero attached hydrogens (tertiary/aromatic N) is 1. The smallest absolute Gasteiger partial charge is 0.343 e. The number of carbonyl (C=O) groups excluding carboxylic acids is 1. The van der Waals surface area contributed by atoms with E-state index in [4.69, 9.17) is 15.2 Å². The van der Waals surface area contributed by atoms with Gasteiger partial charge in [-0.1, -0.05) is 18.2 Å². The van der Waals surface area contributed by atoms with Gasteiger partial charge in [0.2, 0.25) is 0 Å². The molecule has 0 aliphatic rings. The van der Waals surface area contributed by atoms with Crippen LogP contribution in [0.1, 0.15) is 15.9 Å². The van der Waals surface area contributed by atoms with Gasteiger partial charge in [0.25, 0.3) is 0 Å². The Morgan fingerprint density at radius 1 is 1.22 bits per heavy atom. The first-order valence-corrected chi connectivity index (χ1v) is 7.04. The van der Waals surface area contributed by atoms with Crippen molar-refractivity contribution in [1.29, 1.82) is 0 Å². The molecule has 7 heteroatoms. The fourth-order valence-corrected chi connectivity index (χ4v) is 1.80. The fraction of sp³-hybridized carbons (Fsp3) is 0.0625. The topological polar surface area (TPSA) is 85.9 Å². The third-order valence-corrected chi connectivity index (χ3v) is 2.88. The molecular weight excluding hydrogens is 314 g/mol. The summed E-state index contributed by atoms with van der Waals surface area (Å²) in [4.78, 5) is 12.1. The Morgan fingerprint density at radius 3 is 2.61 bits per heavy atom. The number of benzene rings is 2. The number of methoxy groups -OCH3 is 1. The van der Waals surface area contributed by atoms with Crippen LogP contribution in [0.25, 0.3) is 0 Å². The first-order chi connectivity index (χ1) is 11.1. The molecule has 0 aromatic heterocycles. The average Bonchev–Trinajstić information content (AvgIpc) is 2.56. The number of thiocarbonyl (C=S) groups is 1. The van der Waals surface area contributed by atoms with E-state index in [1.54, 1.807) is 42.5 Å². The van der Waals surface area contributed by atoms with Gasteiger partial charge >= 0.3 is 5.97 Å². The molecular formula is C16H15N3O3S. The van der Waals surface area contributed by atoms with Crippen molar-refractivity contribution in [3.8, 4) is 11.5 Å². The van der Waals surface area contributed by atoms with Gasteiger partial charge in [0.15, 0.2) is 16.6 Å². The van der Waals surface area contributed by atoms with E-state index in [1.807, 2.05) is 6.07 Å². The monoisotopic (exact) mass is 329 g/mol. The highest BCUT2D eigenvalue weighted by atomic mass is 32.1. The molecule has 0 radical (unpaired) electrons. The molecule has 0 atom stereocenters. The van der Waals surface area contributed by atoms with Crippen LogP contribution < -0.4 is 20.6 Å². The summed E-state index contributed by atoms with van der Waals surface area (Å²) in [5.41, 5.74) is 8.91. The highest BCUT2D eigenvalue weighted by molar-refractivity contribution is 7.80. The van der Waals surface area contributed by atoms with Gasteiger partial charge in [-0.25, -0.2) is 4.79 Å². The Labute approximate surface area is 138 Å². The number of esters is 1. The Bertz CT molecular complexity index is 733. The number of hydrazone groups is 1. The van der Waals surface area contributed by atoms with E-state index in [1.165, 1.54) is 13.3 Å². The number of hydrogen-bond acceptors (Lipinski definition) is 5. The molecule has 3 N–H and O–H groups in total. The van der Waals surface area contributed by atoms with Gasteiger partial charge in [0.1, 0.15) is 0 Å². The van der Waals surface area contributed by atoms with E-state index in [9.17, 15) is 4.79 Å². The number of carbonyl (C=O) groups is 1. The maximum atomic E-state index is 12.1. The quantitative estimate of drug-likeness (QED) is 0.287. The van der Waals surface area contributed by atoms with Gasteiger partial charge < -0.3 is 15.2 Å². The molecule has 0 amide bonds. The zero-order chi connectivity index (χ0) is 16.7. The standard InChI is InChI=1S/C16H15N3O3S/c1-21-14-9-11(10-18-19-16(17)23)7-8-13(14)22-15(20)12-5-3-2-4-6-12/h2-10H,1H3,(H3,17,19,23)/b18-10-. The van der Waals surface area contributed by atoms with Gasteiger partial charge in [-0.2, -0.15) is 5.10 Å². The van der Waals surface area contributed by atoms with Crippen LogP contribution in [0.2, 0.25) is 0 Å². The van der Waals surface area contributed by atoms with Crippen molar-refractivity contribution in [1.82, 2.24) is 5.43 Å². The first-order valence-electron chi connectivity index (χ1n) is 6.64. The van der Waals surface area contributed by atoms with Crippen LogP contribution in [0, 0.1) is 0 Å². The summed E-state index contributed by atoms with van der Waals surface area (Å²) in [6.45, 7) is 0. The largest absolute Gasteiger partial charge is 0.493 e. The lowest BCUT2D eigenvalue weighted by atomic mass is 10.2. The second-order valence-electron chi connectivity index (χ2n) is 4.40. The first kappa shape index (κ1) is 16.4. The number of rotatable bonds is 5. The zero-order valence-electron chi connectivity index (χ0n) is 12.4. The van der Waals surface area contributed by atoms with Crippen molar-refractivity contribution in [2.45, 2.75) is 0 Å². The van der Waals surface area contributed by atoms with Crippen molar-refractivity contribution in [3.63, 3.8) is 0 Å². The molecule has 0 aliphatic carbocycles. The zero-order valence-corrected chi connectivity index (χ0v) is 13.2. The van der Waals surface area contributed by atoms with E-state index in [2.05, 4.69) is 22.7 Å². The Morgan fingerprint density at radius 2 is 1.96 bits per heavy atom. The molecule has 0 fully saturated rings. The Balaban J connectivity index is 2.15. The second kappa shape index (κ2) is 7.90. The van der Waals surface area contributed by atoms with E-state index in [0.29, 0.717) is 17.1 Å². The summed E-state index contributed by atoms with van der Waals surface area (Å²) in [5.74, 6) is 0.273. The third kappa shape index (κ3) is 4.79. The summed E-state index contributed by atoms with van der Waals surface area (Å²) in [6, 6.07) is 13.7. The van der Waals surface area contributed by atoms with Crippen molar-refractivity contribution >= 4 is 29.5 Å². The van der Waals surface area contributed by atoms with Crippen LogP contribution in [0.3, 0.4) is 0 Å². The lowest BCUT2D eigenvalue weighted by Crippen LogP contribution is -2.23. The molecule has 2 aromatic carbocycles. The van der Waals surface area contributed by atoms with Gasteiger partial charge in [0.05, 0.1) is 18.9 Å². The molecule has 0 bridgehead atoms. The molecule has 2 aromatic rings. The van der Waals surface area contributed by atoms with Crippen LogP contribution in [0.15, 0.2) is 53.6 Å². The molecule has 23 heavy (non-hydrogen) atoms. The van der Waals surface area contributed by atoms with Crippen molar-refractivity contribution in [3.05, 3.63) is 59.7 Å².